The standard InChI is InChI=1S/C14H26O/c1-10(2)14-8-7-11(3)5-6-13(14)15-12(4)9-14/h10-13H,5-9H2,1-4H3. The highest BCUT2D eigenvalue weighted by molar-refractivity contribution is 4.98. The summed E-state index contributed by atoms with van der Waals surface area (Å²) in [5.74, 6) is 1.68. The molecule has 4 atom stereocenters. The van der Waals surface area contributed by atoms with Crippen molar-refractivity contribution in [2.75, 3.05) is 0 Å². The minimum atomic E-state index is 0.491. The lowest BCUT2D eigenvalue weighted by atomic mass is 9.68. The fourth-order valence-electron chi connectivity index (χ4n) is 3.74. The van der Waals surface area contributed by atoms with Gasteiger partial charge in [-0.05, 0) is 44.4 Å². The van der Waals surface area contributed by atoms with Crippen molar-refractivity contribution in [1.82, 2.24) is 0 Å². The van der Waals surface area contributed by atoms with Crippen LogP contribution in [-0.2, 0) is 4.74 Å². The Hall–Kier alpha value is -0.0400. The predicted molar refractivity (Wildman–Crippen MR) is 63.9 cm³/mol. The summed E-state index contributed by atoms with van der Waals surface area (Å²) >= 11 is 0. The Kier molecular flexibility index (Phi) is 3.12. The van der Waals surface area contributed by atoms with Crippen LogP contribution in [0.2, 0.25) is 0 Å². The van der Waals surface area contributed by atoms with E-state index in [1.54, 1.807) is 0 Å². The molecular weight excluding hydrogens is 184 g/mol. The summed E-state index contributed by atoms with van der Waals surface area (Å²) in [6, 6.07) is 0. The summed E-state index contributed by atoms with van der Waals surface area (Å²) in [6.45, 7) is 9.44. The van der Waals surface area contributed by atoms with Gasteiger partial charge in [-0.25, -0.2) is 0 Å². The molecule has 1 heteroatoms. The molecule has 0 aromatic heterocycles. The van der Waals surface area contributed by atoms with Gasteiger partial charge in [-0.3, -0.25) is 0 Å². The van der Waals surface area contributed by atoms with Crippen LogP contribution in [0.5, 0.6) is 0 Å². The van der Waals surface area contributed by atoms with E-state index in [1.807, 2.05) is 0 Å². The van der Waals surface area contributed by atoms with Crippen molar-refractivity contribution >= 4 is 0 Å². The summed E-state index contributed by atoms with van der Waals surface area (Å²) in [6.07, 6.45) is 7.80. The Labute approximate surface area is 94.6 Å². The highest BCUT2D eigenvalue weighted by Gasteiger charge is 2.49. The molecule has 1 heterocycles. The highest BCUT2D eigenvalue weighted by Crippen LogP contribution is 2.52. The second-order valence-corrected chi connectivity index (χ2v) is 6.25. The van der Waals surface area contributed by atoms with E-state index in [0.717, 1.165) is 11.8 Å². The maximum absolute atomic E-state index is 6.16. The first-order valence-electron chi connectivity index (χ1n) is 6.70. The molecule has 2 rings (SSSR count). The van der Waals surface area contributed by atoms with Crippen molar-refractivity contribution in [3.8, 4) is 0 Å². The Morgan fingerprint density at radius 1 is 1.13 bits per heavy atom. The van der Waals surface area contributed by atoms with E-state index < -0.39 is 0 Å². The average molecular weight is 210 g/mol. The van der Waals surface area contributed by atoms with Crippen molar-refractivity contribution < 1.29 is 4.74 Å². The van der Waals surface area contributed by atoms with E-state index in [2.05, 4.69) is 27.7 Å². The van der Waals surface area contributed by atoms with Crippen LogP contribution in [0.15, 0.2) is 0 Å². The summed E-state index contributed by atoms with van der Waals surface area (Å²) in [4.78, 5) is 0. The lowest BCUT2D eigenvalue weighted by Gasteiger charge is -2.36. The van der Waals surface area contributed by atoms with E-state index in [-0.39, 0.29) is 0 Å². The summed E-state index contributed by atoms with van der Waals surface area (Å²) < 4.78 is 6.16. The van der Waals surface area contributed by atoms with Crippen molar-refractivity contribution in [1.29, 1.82) is 0 Å². The maximum Gasteiger partial charge on any atom is 0.0638 e. The Morgan fingerprint density at radius 2 is 1.87 bits per heavy atom. The normalized spacial score (nSPS) is 46.6. The molecule has 0 radical (unpaired) electrons. The van der Waals surface area contributed by atoms with Gasteiger partial charge in [0.15, 0.2) is 0 Å². The van der Waals surface area contributed by atoms with Crippen LogP contribution in [0.3, 0.4) is 0 Å². The van der Waals surface area contributed by atoms with Crippen LogP contribution in [0.1, 0.15) is 59.8 Å². The van der Waals surface area contributed by atoms with Crippen LogP contribution >= 0.6 is 0 Å². The Balaban J connectivity index is 2.20. The summed E-state index contributed by atoms with van der Waals surface area (Å²) in [7, 11) is 0. The summed E-state index contributed by atoms with van der Waals surface area (Å²) in [5.41, 5.74) is 0.504. The van der Waals surface area contributed by atoms with Crippen LogP contribution in [0.4, 0.5) is 0 Å². The molecule has 0 bridgehead atoms. The number of hydrogen-bond donors (Lipinski definition) is 0. The number of fused-ring (bicyclic) bond motifs is 1. The molecule has 0 amide bonds. The molecule has 4 unspecified atom stereocenters. The third kappa shape index (κ3) is 1.95. The minimum absolute atomic E-state index is 0.491. The summed E-state index contributed by atoms with van der Waals surface area (Å²) in [5, 5.41) is 0. The lowest BCUT2D eigenvalue weighted by Crippen LogP contribution is -2.35. The first-order valence-corrected chi connectivity index (χ1v) is 6.70. The zero-order valence-corrected chi connectivity index (χ0v) is 10.8. The zero-order valence-electron chi connectivity index (χ0n) is 10.8. The molecule has 15 heavy (non-hydrogen) atoms. The van der Waals surface area contributed by atoms with Gasteiger partial charge in [-0.1, -0.05) is 27.2 Å². The van der Waals surface area contributed by atoms with Crippen molar-refractivity contribution in [2.24, 2.45) is 17.3 Å². The topological polar surface area (TPSA) is 9.23 Å². The second-order valence-electron chi connectivity index (χ2n) is 6.25. The SMILES string of the molecule is CC1CCC2OC(C)CC2(C(C)C)CC1. The van der Waals surface area contributed by atoms with Crippen LogP contribution in [-0.4, -0.2) is 12.2 Å². The van der Waals surface area contributed by atoms with Crippen LogP contribution < -0.4 is 0 Å². The molecule has 88 valence electrons. The lowest BCUT2D eigenvalue weighted by molar-refractivity contribution is -0.00312. The number of hydrogen-bond acceptors (Lipinski definition) is 1. The second kappa shape index (κ2) is 4.08. The molecule has 1 aliphatic carbocycles. The van der Waals surface area contributed by atoms with Gasteiger partial charge in [-0.15, -0.1) is 0 Å². The van der Waals surface area contributed by atoms with Crippen LogP contribution in [0, 0.1) is 17.3 Å². The average Bonchev–Trinajstić information content (AvgIpc) is 2.42. The zero-order chi connectivity index (χ0) is 11.1. The minimum Gasteiger partial charge on any atom is -0.375 e. The van der Waals surface area contributed by atoms with Gasteiger partial charge < -0.3 is 4.74 Å². The molecule has 0 N–H and O–H groups in total. The van der Waals surface area contributed by atoms with Gasteiger partial charge in [0.05, 0.1) is 12.2 Å². The molecule has 1 saturated heterocycles. The molecule has 0 aromatic carbocycles. The van der Waals surface area contributed by atoms with Gasteiger partial charge in [0.25, 0.3) is 0 Å². The van der Waals surface area contributed by atoms with Crippen LogP contribution in [0.25, 0.3) is 0 Å². The molecule has 1 nitrogen and oxygen atoms in total. The molecular formula is C14H26O. The van der Waals surface area contributed by atoms with E-state index in [9.17, 15) is 0 Å². The molecule has 1 aliphatic heterocycles. The first-order chi connectivity index (χ1) is 7.04. The van der Waals surface area contributed by atoms with E-state index in [0.29, 0.717) is 17.6 Å². The van der Waals surface area contributed by atoms with E-state index in [4.69, 9.17) is 4.74 Å². The predicted octanol–water partition coefficient (Wildman–Crippen LogP) is 4.02. The van der Waals surface area contributed by atoms with Crippen molar-refractivity contribution in [3.63, 3.8) is 0 Å². The maximum atomic E-state index is 6.16. The smallest absolute Gasteiger partial charge is 0.0638 e. The molecule has 0 aromatic rings. The molecule has 2 fully saturated rings. The van der Waals surface area contributed by atoms with E-state index >= 15 is 0 Å². The Bertz CT molecular complexity index is 223. The van der Waals surface area contributed by atoms with Crippen molar-refractivity contribution in [3.05, 3.63) is 0 Å². The highest BCUT2D eigenvalue weighted by atomic mass is 16.5. The van der Waals surface area contributed by atoms with Crippen molar-refractivity contribution in [2.45, 2.75) is 72.0 Å². The first kappa shape index (κ1) is 11.4. The number of rotatable bonds is 1. The molecule has 0 spiro atoms. The fourth-order valence-corrected chi connectivity index (χ4v) is 3.74. The van der Waals surface area contributed by atoms with Gasteiger partial charge in [0.2, 0.25) is 0 Å². The Morgan fingerprint density at radius 3 is 2.53 bits per heavy atom. The van der Waals surface area contributed by atoms with E-state index in [1.165, 1.54) is 32.1 Å². The fraction of sp³-hybridized carbons (Fsp3) is 1.00. The third-order valence-corrected chi connectivity index (χ3v) is 4.88. The molecule has 1 saturated carbocycles. The van der Waals surface area contributed by atoms with Gasteiger partial charge in [0, 0.05) is 5.41 Å². The largest absolute Gasteiger partial charge is 0.375 e. The third-order valence-electron chi connectivity index (χ3n) is 4.88. The van der Waals surface area contributed by atoms with Gasteiger partial charge in [-0.2, -0.15) is 0 Å². The van der Waals surface area contributed by atoms with Gasteiger partial charge >= 0.3 is 0 Å². The number of ether oxygens (including phenoxy) is 1. The van der Waals surface area contributed by atoms with Gasteiger partial charge in [0.1, 0.15) is 0 Å². The monoisotopic (exact) mass is 210 g/mol. The molecule has 2 aliphatic rings. The quantitative estimate of drug-likeness (QED) is 0.635.